The zero-order valence-corrected chi connectivity index (χ0v) is 10.0. The van der Waals surface area contributed by atoms with Crippen LogP contribution in [0.25, 0.3) is 0 Å². The summed E-state index contributed by atoms with van der Waals surface area (Å²) < 4.78 is 0. The van der Waals surface area contributed by atoms with E-state index in [1.807, 2.05) is 37.3 Å². The summed E-state index contributed by atoms with van der Waals surface area (Å²) in [6, 6.07) is 8.91. The van der Waals surface area contributed by atoms with Gasteiger partial charge in [-0.05, 0) is 12.0 Å². The number of rotatable bonds is 5. The summed E-state index contributed by atoms with van der Waals surface area (Å²) in [6.45, 7) is 2.64. The highest BCUT2D eigenvalue weighted by Gasteiger charge is 2.07. The summed E-state index contributed by atoms with van der Waals surface area (Å²) in [5.74, 6) is -0.287. The molecule has 0 bridgehead atoms. The van der Waals surface area contributed by atoms with Gasteiger partial charge in [0.05, 0.1) is 6.42 Å². The average Bonchev–Trinajstić information content (AvgIpc) is 2.30. The average molecular weight is 234 g/mol. The van der Waals surface area contributed by atoms with Gasteiger partial charge in [-0.25, -0.2) is 4.79 Å². The lowest BCUT2D eigenvalue weighted by Gasteiger charge is -2.05. The molecule has 17 heavy (non-hydrogen) atoms. The standard InChI is InChI=1S/C13H18N2O2/c1-2-3-9-14-13(17)15-12(16)10-11-7-5-4-6-8-11/h4-8H,2-3,9-10H2,1H3,(H2,14,15,16,17). The molecule has 3 amide bonds. The van der Waals surface area contributed by atoms with Gasteiger partial charge in [-0.3, -0.25) is 10.1 Å². The number of unbranched alkanes of at least 4 members (excludes halogenated alkanes) is 1. The Hall–Kier alpha value is -1.84. The summed E-state index contributed by atoms with van der Waals surface area (Å²) in [4.78, 5) is 22.8. The number of amides is 3. The van der Waals surface area contributed by atoms with Crippen LogP contribution in [0.3, 0.4) is 0 Å². The Labute approximate surface area is 101 Å². The fourth-order valence-corrected chi connectivity index (χ4v) is 1.37. The van der Waals surface area contributed by atoms with Crippen molar-refractivity contribution < 1.29 is 9.59 Å². The van der Waals surface area contributed by atoms with E-state index in [4.69, 9.17) is 0 Å². The van der Waals surface area contributed by atoms with Crippen molar-refractivity contribution in [3.05, 3.63) is 35.9 Å². The van der Waals surface area contributed by atoms with Gasteiger partial charge in [0.25, 0.3) is 0 Å². The van der Waals surface area contributed by atoms with E-state index >= 15 is 0 Å². The highest BCUT2D eigenvalue weighted by Crippen LogP contribution is 1.98. The van der Waals surface area contributed by atoms with Gasteiger partial charge in [-0.2, -0.15) is 0 Å². The molecule has 4 nitrogen and oxygen atoms in total. The van der Waals surface area contributed by atoms with Crippen LogP contribution >= 0.6 is 0 Å². The highest BCUT2D eigenvalue weighted by molar-refractivity contribution is 5.95. The number of hydrogen-bond acceptors (Lipinski definition) is 2. The van der Waals surface area contributed by atoms with E-state index in [0.717, 1.165) is 18.4 Å². The van der Waals surface area contributed by atoms with Crippen molar-refractivity contribution in [1.82, 2.24) is 10.6 Å². The minimum atomic E-state index is -0.417. The number of benzene rings is 1. The molecular weight excluding hydrogens is 216 g/mol. The number of urea groups is 1. The zero-order chi connectivity index (χ0) is 12.5. The largest absolute Gasteiger partial charge is 0.338 e. The lowest BCUT2D eigenvalue weighted by molar-refractivity contribution is -0.119. The van der Waals surface area contributed by atoms with Crippen molar-refractivity contribution in [2.24, 2.45) is 0 Å². The van der Waals surface area contributed by atoms with Crippen molar-refractivity contribution in [3.8, 4) is 0 Å². The van der Waals surface area contributed by atoms with Crippen LogP contribution in [0.1, 0.15) is 25.3 Å². The fraction of sp³-hybridized carbons (Fsp3) is 0.385. The van der Waals surface area contributed by atoms with Crippen LogP contribution in [-0.4, -0.2) is 18.5 Å². The molecule has 0 aliphatic heterocycles. The molecule has 0 aliphatic rings. The van der Waals surface area contributed by atoms with E-state index < -0.39 is 6.03 Å². The topological polar surface area (TPSA) is 58.2 Å². The number of carbonyl (C=O) groups excluding carboxylic acids is 2. The fourth-order valence-electron chi connectivity index (χ4n) is 1.37. The van der Waals surface area contributed by atoms with E-state index in [-0.39, 0.29) is 12.3 Å². The lowest BCUT2D eigenvalue weighted by Crippen LogP contribution is -2.40. The molecule has 0 aromatic heterocycles. The highest BCUT2D eigenvalue weighted by atomic mass is 16.2. The van der Waals surface area contributed by atoms with Crippen molar-refractivity contribution in [2.45, 2.75) is 26.2 Å². The normalized spacial score (nSPS) is 9.71. The summed E-state index contributed by atoms with van der Waals surface area (Å²) in [6.07, 6.45) is 2.15. The summed E-state index contributed by atoms with van der Waals surface area (Å²) in [5, 5.41) is 4.93. The zero-order valence-electron chi connectivity index (χ0n) is 10.0. The van der Waals surface area contributed by atoms with Crippen LogP contribution in [0.4, 0.5) is 4.79 Å². The Bertz CT molecular complexity index is 363. The number of carbonyl (C=O) groups is 2. The van der Waals surface area contributed by atoms with Crippen LogP contribution in [-0.2, 0) is 11.2 Å². The van der Waals surface area contributed by atoms with Crippen molar-refractivity contribution >= 4 is 11.9 Å². The molecule has 0 unspecified atom stereocenters. The molecule has 0 saturated carbocycles. The smallest absolute Gasteiger partial charge is 0.321 e. The monoisotopic (exact) mass is 234 g/mol. The van der Waals surface area contributed by atoms with Crippen LogP contribution in [0, 0.1) is 0 Å². The maximum Gasteiger partial charge on any atom is 0.321 e. The number of imide groups is 1. The van der Waals surface area contributed by atoms with Gasteiger partial charge in [0.1, 0.15) is 0 Å². The van der Waals surface area contributed by atoms with Crippen LogP contribution in [0.15, 0.2) is 30.3 Å². The third-order valence-corrected chi connectivity index (χ3v) is 2.28. The molecule has 2 N–H and O–H groups in total. The molecular formula is C13H18N2O2. The molecule has 0 heterocycles. The van der Waals surface area contributed by atoms with Gasteiger partial charge in [0.15, 0.2) is 0 Å². The van der Waals surface area contributed by atoms with Gasteiger partial charge < -0.3 is 5.32 Å². The van der Waals surface area contributed by atoms with Crippen molar-refractivity contribution in [1.29, 1.82) is 0 Å². The molecule has 1 aromatic rings. The van der Waals surface area contributed by atoms with Gasteiger partial charge >= 0.3 is 6.03 Å². The molecule has 0 spiro atoms. The Morgan fingerprint density at radius 3 is 2.53 bits per heavy atom. The third-order valence-electron chi connectivity index (χ3n) is 2.28. The summed E-state index contributed by atoms with van der Waals surface area (Å²) >= 11 is 0. The molecule has 0 saturated heterocycles. The van der Waals surface area contributed by atoms with Gasteiger partial charge in [-0.1, -0.05) is 43.7 Å². The first-order valence-electron chi connectivity index (χ1n) is 5.84. The summed E-state index contributed by atoms with van der Waals surface area (Å²) in [7, 11) is 0. The minimum absolute atomic E-state index is 0.224. The number of nitrogens with one attached hydrogen (secondary N) is 2. The van der Waals surface area contributed by atoms with E-state index in [1.165, 1.54) is 0 Å². The molecule has 92 valence electrons. The second-order valence-electron chi connectivity index (χ2n) is 3.82. The maximum atomic E-state index is 11.5. The Balaban J connectivity index is 2.27. The van der Waals surface area contributed by atoms with Gasteiger partial charge in [0.2, 0.25) is 5.91 Å². The molecule has 4 heteroatoms. The van der Waals surface area contributed by atoms with Crippen molar-refractivity contribution in [2.75, 3.05) is 6.54 Å². The van der Waals surface area contributed by atoms with E-state index in [9.17, 15) is 9.59 Å². The minimum Gasteiger partial charge on any atom is -0.338 e. The van der Waals surface area contributed by atoms with Crippen LogP contribution in [0.2, 0.25) is 0 Å². The van der Waals surface area contributed by atoms with E-state index in [1.54, 1.807) is 0 Å². The lowest BCUT2D eigenvalue weighted by atomic mass is 10.1. The van der Waals surface area contributed by atoms with Crippen molar-refractivity contribution in [3.63, 3.8) is 0 Å². The van der Waals surface area contributed by atoms with Gasteiger partial charge in [0, 0.05) is 6.54 Å². The first kappa shape index (κ1) is 13.2. The molecule has 0 atom stereocenters. The number of hydrogen-bond donors (Lipinski definition) is 2. The third kappa shape index (κ3) is 5.70. The maximum absolute atomic E-state index is 11.5. The molecule has 1 aromatic carbocycles. The molecule has 0 aliphatic carbocycles. The van der Waals surface area contributed by atoms with Gasteiger partial charge in [-0.15, -0.1) is 0 Å². The molecule has 0 radical (unpaired) electrons. The summed E-state index contributed by atoms with van der Waals surface area (Å²) in [5.41, 5.74) is 0.895. The second kappa shape index (κ2) is 7.44. The van der Waals surface area contributed by atoms with E-state index in [2.05, 4.69) is 10.6 Å². The Kier molecular flexibility index (Phi) is 5.79. The quantitative estimate of drug-likeness (QED) is 0.764. The SMILES string of the molecule is CCCCNC(=O)NC(=O)Cc1ccccc1. The van der Waals surface area contributed by atoms with Crippen LogP contribution in [0.5, 0.6) is 0 Å². The first-order chi connectivity index (χ1) is 8.22. The Morgan fingerprint density at radius 1 is 1.18 bits per heavy atom. The first-order valence-corrected chi connectivity index (χ1v) is 5.84. The molecule has 1 rings (SSSR count). The molecule has 0 fully saturated rings. The predicted molar refractivity (Wildman–Crippen MR) is 66.6 cm³/mol. The Morgan fingerprint density at radius 2 is 1.88 bits per heavy atom. The second-order valence-corrected chi connectivity index (χ2v) is 3.82. The van der Waals surface area contributed by atoms with Crippen LogP contribution < -0.4 is 10.6 Å². The van der Waals surface area contributed by atoms with E-state index in [0.29, 0.717) is 6.54 Å². The predicted octanol–water partition coefficient (Wildman–Crippen LogP) is 1.85.